The van der Waals surface area contributed by atoms with Gasteiger partial charge in [0.1, 0.15) is 11.3 Å². The van der Waals surface area contributed by atoms with Gasteiger partial charge in [0.05, 0.1) is 12.7 Å². The Morgan fingerprint density at radius 2 is 2.10 bits per heavy atom. The number of amides is 1. The van der Waals surface area contributed by atoms with Crippen LogP contribution in [0, 0.1) is 11.3 Å². The molecule has 1 fully saturated rings. The normalized spacial score (nSPS) is 15.7. The summed E-state index contributed by atoms with van der Waals surface area (Å²) in [5, 5.41) is 9.89. The Labute approximate surface area is 130 Å². The van der Waals surface area contributed by atoms with Gasteiger partial charge < -0.3 is 9.64 Å². The zero-order valence-electron chi connectivity index (χ0n) is 12.1. The summed E-state index contributed by atoms with van der Waals surface area (Å²) in [7, 11) is 1.73. The number of nitrogens with zero attached hydrogens (tertiary/aromatic N) is 2. The molecule has 4 nitrogen and oxygen atoms in total. The average Bonchev–Trinajstić information content (AvgIpc) is 2.44. The maximum atomic E-state index is 12.1. The van der Waals surface area contributed by atoms with Crippen molar-refractivity contribution in [3.05, 3.63) is 29.3 Å². The van der Waals surface area contributed by atoms with Crippen LogP contribution >= 0.6 is 11.6 Å². The van der Waals surface area contributed by atoms with Crippen molar-refractivity contribution in [3.63, 3.8) is 0 Å². The lowest BCUT2D eigenvalue weighted by molar-refractivity contribution is -0.136. The molecule has 0 aromatic heterocycles. The van der Waals surface area contributed by atoms with Crippen molar-refractivity contribution in [2.45, 2.75) is 37.6 Å². The Kier molecular flexibility index (Phi) is 5.08. The highest BCUT2D eigenvalue weighted by molar-refractivity contribution is 6.30. The first-order chi connectivity index (χ1) is 10.1. The molecule has 0 N–H and O–H groups in total. The van der Waals surface area contributed by atoms with Crippen molar-refractivity contribution >= 4 is 17.5 Å². The van der Waals surface area contributed by atoms with Gasteiger partial charge in [0.25, 0.3) is 0 Å². The SMILES string of the molecule is CN(C(=O)CCCOc1ccc(Cl)cc1)C1(C#N)CCC1. The Morgan fingerprint density at radius 3 is 2.62 bits per heavy atom. The third kappa shape index (κ3) is 3.68. The number of rotatable bonds is 6. The molecule has 0 saturated heterocycles. The van der Waals surface area contributed by atoms with Gasteiger partial charge in [0.15, 0.2) is 0 Å². The zero-order chi connectivity index (χ0) is 15.3. The van der Waals surface area contributed by atoms with Crippen LogP contribution in [0.25, 0.3) is 0 Å². The smallest absolute Gasteiger partial charge is 0.223 e. The summed E-state index contributed by atoms with van der Waals surface area (Å²) in [6, 6.07) is 9.41. The van der Waals surface area contributed by atoms with E-state index in [4.69, 9.17) is 16.3 Å². The molecule has 0 atom stereocenters. The molecule has 1 amide bonds. The molecular formula is C16H19ClN2O2. The monoisotopic (exact) mass is 306 g/mol. The summed E-state index contributed by atoms with van der Waals surface area (Å²) in [4.78, 5) is 13.7. The minimum atomic E-state index is -0.561. The van der Waals surface area contributed by atoms with E-state index in [9.17, 15) is 10.1 Å². The van der Waals surface area contributed by atoms with Crippen LogP contribution in [0.3, 0.4) is 0 Å². The standard InChI is InChI=1S/C16H19ClN2O2/c1-19(16(12-18)9-3-10-16)15(20)4-2-11-21-14-7-5-13(17)6-8-14/h5-8H,2-4,9-11H2,1H3. The third-order valence-electron chi connectivity index (χ3n) is 4.02. The number of carbonyl (C=O) groups is 1. The summed E-state index contributed by atoms with van der Waals surface area (Å²) >= 11 is 5.79. The molecule has 0 radical (unpaired) electrons. The molecule has 1 aliphatic carbocycles. The number of halogens is 1. The summed E-state index contributed by atoms with van der Waals surface area (Å²) in [5.74, 6) is 0.753. The Hall–Kier alpha value is -1.73. The molecule has 1 aliphatic rings. The largest absolute Gasteiger partial charge is 0.494 e. The van der Waals surface area contributed by atoms with Crippen LogP contribution < -0.4 is 4.74 Å². The van der Waals surface area contributed by atoms with Crippen LogP contribution in [0.4, 0.5) is 0 Å². The molecule has 0 unspecified atom stereocenters. The predicted molar refractivity (Wildman–Crippen MR) is 81.1 cm³/mol. The van der Waals surface area contributed by atoms with Crippen molar-refractivity contribution in [1.29, 1.82) is 5.26 Å². The fraction of sp³-hybridized carbons (Fsp3) is 0.500. The first-order valence-corrected chi connectivity index (χ1v) is 7.51. The van der Waals surface area contributed by atoms with Crippen LogP contribution in [0.15, 0.2) is 24.3 Å². The van der Waals surface area contributed by atoms with Crippen LogP contribution in [0.5, 0.6) is 5.75 Å². The van der Waals surface area contributed by atoms with Gasteiger partial charge in [0.2, 0.25) is 5.91 Å². The minimum Gasteiger partial charge on any atom is -0.494 e. The molecule has 1 aromatic rings. The maximum Gasteiger partial charge on any atom is 0.223 e. The van der Waals surface area contributed by atoms with E-state index in [0.29, 0.717) is 24.5 Å². The molecule has 2 rings (SSSR count). The molecule has 0 spiro atoms. The predicted octanol–water partition coefficient (Wildman–Crippen LogP) is 3.40. The van der Waals surface area contributed by atoms with Crippen molar-refractivity contribution in [3.8, 4) is 11.8 Å². The van der Waals surface area contributed by atoms with Crippen molar-refractivity contribution in [2.75, 3.05) is 13.7 Å². The number of ether oxygens (including phenoxy) is 1. The van der Waals surface area contributed by atoms with E-state index in [1.807, 2.05) is 0 Å². The van der Waals surface area contributed by atoms with Gasteiger partial charge in [-0.25, -0.2) is 0 Å². The maximum absolute atomic E-state index is 12.1. The molecule has 0 heterocycles. The topological polar surface area (TPSA) is 53.3 Å². The van der Waals surface area contributed by atoms with Crippen LogP contribution in [0.2, 0.25) is 5.02 Å². The quantitative estimate of drug-likeness (QED) is 0.757. The lowest BCUT2D eigenvalue weighted by atomic mass is 9.76. The highest BCUT2D eigenvalue weighted by Gasteiger charge is 2.43. The van der Waals surface area contributed by atoms with E-state index in [-0.39, 0.29) is 5.91 Å². The van der Waals surface area contributed by atoms with E-state index in [2.05, 4.69) is 6.07 Å². The fourth-order valence-electron chi connectivity index (χ4n) is 2.38. The molecular weight excluding hydrogens is 288 g/mol. The van der Waals surface area contributed by atoms with E-state index < -0.39 is 5.54 Å². The molecule has 112 valence electrons. The molecule has 0 bridgehead atoms. The van der Waals surface area contributed by atoms with Gasteiger partial charge in [-0.15, -0.1) is 0 Å². The second-order valence-electron chi connectivity index (χ2n) is 5.36. The Morgan fingerprint density at radius 1 is 1.43 bits per heavy atom. The van der Waals surface area contributed by atoms with Crippen molar-refractivity contribution in [1.82, 2.24) is 4.90 Å². The minimum absolute atomic E-state index is 0.0101. The summed E-state index contributed by atoms with van der Waals surface area (Å²) < 4.78 is 5.55. The van der Waals surface area contributed by atoms with E-state index in [0.717, 1.165) is 25.0 Å². The molecule has 21 heavy (non-hydrogen) atoms. The van der Waals surface area contributed by atoms with E-state index in [1.165, 1.54) is 0 Å². The molecule has 0 aliphatic heterocycles. The zero-order valence-corrected chi connectivity index (χ0v) is 12.9. The average molecular weight is 307 g/mol. The number of benzene rings is 1. The number of hydrogen-bond donors (Lipinski definition) is 0. The van der Waals surface area contributed by atoms with Gasteiger partial charge in [0, 0.05) is 18.5 Å². The van der Waals surface area contributed by atoms with Gasteiger partial charge >= 0.3 is 0 Å². The second-order valence-corrected chi connectivity index (χ2v) is 5.79. The van der Waals surface area contributed by atoms with Gasteiger partial charge in [-0.3, -0.25) is 4.79 Å². The first kappa shape index (κ1) is 15.7. The van der Waals surface area contributed by atoms with Gasteiger partial charge in [-0.1, -0.05) is 11.6 Å². The summed E-state index contributed by atoms with van der Waals surface area (Å²) in [6.45, 7) is 0.473. The Bertz CT molecular complexity index is 532. The highest BCUT2D eigenvalue weighted by Crippen LogP contribution is 2.36. The fourth-order valence-corrected chi connectivity index (χ4v) is 2.51. The molecule has 5 heteroatoms. The van der Waals surface area contributed by atoms with Crippen LogP contribution in [-0.2, 0) is 4.79 Å². The van der Waals surface area contributed by atoms with Gasteiger partial charge in [-0.2, -0.15) is 5.26 Å². The number of hydrogen-bond acceptors (Lipinski definition) is 3. The van der Waals surface area contributed by atoms with Crippen molar-refractivity contribution in [2.24, 2.45) is 0 Å². The first-order valence-electron chi connectivity index (χ1n) is 7.14. The third-order valence-corrected chi connectivity index (χ3v) is 4.27. The summed E-state index contributed by atoms with van der Waals surface area (Å²) in [6.07, 6.45) is 3.62. The van der Waals surface area contributed by atoms with E-state index >= 15 is 0 Å². The molecule has 1 saturated carbocycles. The number of nitriles is 1. The number of carbonyl (C=O) groups excluding carboxylic acids is 1. The second kappa shape index (κ2) is 6.82. The van der Waals surface area contributed by atoms with Crippen LogP contribution in [-0.4, -0.2) is 30.0 Å². The molecule has 1 aromatic carbocycles. The van der Waals surface area contributed by atoms with E-state index in [1.54, 1.807) is 36.2 Å². The Balaban J connectivity index is 1.72. The lowest BCUT2D eigenvalue weighted by Crippen LogP contribution is -2.53. The lowest BCUT2D eigenvalue weighted by Gasteiger charge is -2.43. The summed E-state index contributed by atoms with van der Waals surface area (Å²) in [5.41, 5.74) is -0.561. The van der Waals surface area contributed by atoms with Crippen molar-refractivity contribution < 1.29 is 9.53 Å². The van der Waals surface area contributed by atoms with Crippen LogP contribution in [0.1, 0.15) is 32.1 Å². The highest BCUT2D eigenvalue weighted by atomic mass is 35.5. The van der Waals surface area contributed by atoms with Gasteiger partial charge in [-0.05, 0) is 49.9 Å².